The highest BCUT2D eigenvalue weighted by Gasteiger charge is 2.46. The van der Waals surface area contributed by atoms with Gasteiger partial charge in [0.15, 0.2) is 0 Å². The first-order valence-electron chi connectivity index (χ1n) is 10.2. The number of carbonyl (C=O) groups excluding carboxylic acids is 1. The fourth-order valence-corrected chi connectivity index (χ4v) is 5.03. The quantitative estimate of drug-likeness (QED) is 0.811. The van der Waals surface area contributed by atoms with E-state index < -0.39 is 0 Å². The zero-order chi connectivity index (χ0) is 18.2. The number of carbonyl (C=O) groups is 1. The third-order valence-corrected chi connectivity index (χ3v) is 6.02. The number of aromatic nitrogens is 1. The lowest BCUT2D eigenvalue weighted by molar-refractivity contribution is -0.148. The van der Waals surface area contributed by atoms with E-state index in [0.29, 0.717) is 0 Å². The number of morpholine rings is 1. The average molecular weight is 357 g/mol. The van der Waals surface area contributed by atoms with Crippen molar-refractivity contribution in [2.45, 2.75) is 70.0 Å². The van der Waals surface area contributed by atoms with Crippen molar-refractivity contribution in [2.24, 2.45) is 0 Å². The number of ether oxygens (including phenoxy) is 1. The molecular weight excluding hydrogens is 326 g/mol. The van der Waals surface area contributed by atoms with Gasteiger partial charge in [0.1, 0.15) is 5.82 Å². The molecule has 142 valence electrons. The third kappa shape index (κ3) is 3.46. The number of pyridine rings is 1. The lowest BCUT2D eigenvalue weighted by Gasteiger charge is -2.49. The molecule has 0 atom stereocenters. The van der Waals surface area contributed by atoms with Crippen LogP contribution in [0.2, 0.25) is 0 Å². The molecule has 0 radical (unpaired) electrons. The van der Waals surface area contributed by atoms with Crippen molar-refractivity contribution in [2.75, 3.05) is 31.1 Å². The van der Waals surface area contributed by atoms with Gasteiger partial charge in [-0.15, -0.1) is 0 Å². The standard InChI is InChI=1S/C21H31N3O2/c1-20(2)15-24(16-21(26-20)10-4-5-11-21)18-17(9-8-12-22-18)19(25)23-13-6-3-7-14-23/h8-9,12H,3-7,10-11,13-16H2,1-2H3. The second-order valence-corrected chi connectivity index (χ2v) is 8.84. The number of nitrogens with zero attached hydrogens (tertiary/aromatic N) is 3. The van der Waals surface area contributed by atoms with E-state index in [0.717, 1.165) is 63.2 Å². The van der Waals surface area contributed by atoms with E-state index in [4.69, 9.17) is 4.74 Å². The summed E-state index contributed by atoms with van der Waals surface area (Å²) < 4.78 is 6.53. The minimum absolute atomic E-state index is 0.0787. The molecule has 0 bridgehead atoms. The van der Waals surface area contributed by atoms with Gasteiger partial charge in [0.25, 0.3) is 5.91 Å². The average Bonchev–Trinajstić information content (AvgIpc) is 3.07. The number of piperidine rings is 1. The Balaban J connectivity index is 1.63. The van der Waals surface area contributed by atoms with Crippen LogP contribution < -0.4 is 4.90 Å². The van der Waals surface area contributed by atoms with Crippen molar-refractivity contribution in [3.05, 3.63) is 23.9 Å². The SMILES string of the molecule is CC1(C)CN(c2ncccc2C(=O)N2CCCCC2)CC2(CCCC2)O1. The van der Waals surface area contributed by atoms with E-state index in [-0.39, 0.29) is 17.1 Å². The molecule has 2 saturated heterocycles. The van der Waals surface area contributed by atoms with Crippen molar-refractivity contribution in [3.63, 3.8) is 0 Å². The van der Waals surface area contributed by atoms with Gasteiger partial charge in [-0.3, -0.25) is 4.79 Å². The summed E-state index contributed by atoms with van der Waals surface area (Å²) in [5.41, 5.74) is 0.441. The third-order valence-electron chi connectivity index (χ3n) is 6.02. The topological polar surface area (TPSA) is 45.7 Å². The molecule has 1 aromatic heterocycles. The molecular formula is C21H31N3O2. The molecule has 1 aromatic rings. The van der Waals surface area contributed by atoms with Crippen molar-refractivity contribution < 1.29 is 9.53 Å². The number of rotatable bonds is 2. The fourth-order valence-electron chi connectivity index (χ4n) is 5.03. The summed E-state index contributed by atoms with van der Waals surface area (Å²) in [6, 6.07) is 3.83. The second-order valence-electron chi connectivity index (χ2n) is 8.84. The number of hydrogen-bond acceptors (Lipinski definition) is 4. The smallest absolute Gasteiger partial charge is 0.257 e. The summed E-state index contributed by atoms with van der Waals surface area (Å²) in [6.45, 7) is 7.67. The van der Waals surface area contributed by atoms with Gasteiger partial charge in [-0.1, -0.05) is 12.8 Å². The first-order chi connectivity index (χ1) is 12.5. The monoisotopic (exact) mass is 357 g/mol. The van der Waals surface area contributed by atoms with Crippen LogP contribution in [0, 0.1) is 0 Å². The van der Waals surface area contributed by atoms with Gasteiger partial charge >= 0.3 is 0 Å². The van der Waals surface area contributed by atoms with Crippen LogP contribution in [0.3, 0.4) is 0 Å². The number of anilines is 1. The van der Waals surface area contributed by atoms with E-state index >= 15 is 0 Å². The van der Waals surface area contributed by atoms with Gasteiger partial charge in [-0.05, 0) is 58.1 Å². The molecule has 1 saturated carbocycles. The number of amides is 1. The van der Waals surface area contributed by atoms with Crippen LogP contribution in [-0.2, 0) is 4.74 Å². The molecule has 1 aliphatic carbocycles. The molecule has 5 nitrogen and oxygen atoms in total. The van der Waals surface area contributed by atoms with Crippen LogP contribution in [0.25, 0.3) is 0 Å². The van der Waals surface area contributed by atoms with Crippen LogP contribution >= 0.6 is 0 Å². The molecule has 1 spiro atoms. The summed E-state index contributed by atoms with van der Waals surface area (Å²) in [5.74, 6) is 0.975. The summed E-state index contributed by atoms with van der Waals surface area (Å²) in [4.78, 5) is 22.1. The zero-order valence-corrected chi connectivity index (χ0v) is 16.2. The molecule has 1 amide bonds. The predicted molar refractivity (Wildman–Crippen MR) is 103 cm³/mol. The van der Waals surface area contributed by atoms with Gasteiger partial charge < -0.3 is 14.5 Å². The molecule has 5 heteroatoms. The highest BCUT2D eigenvalue weighted by molar-refractivity contribution is 5.99. The Morgan fingerprint density at radius 3 is 2.54 bits per heavy atom. The Morgan fingerprint density at radius 2 is 1.81 bits per heavy atom. The van der Waals surface area contributed by atoms with E-state index in [1.807, 2.05) is 23.2 Å². The maximum absolute atomic E-state index is 13.2. The molecule has 3 heterocycles. The van der Waals surface area contributed by atoms with Crippen LogP contribution in [0.5, 0.6) is 0 Å². The first-order valence-corrected chi connectivity index (χ1v) is 10.2. The van der Waals surface area contributed by atoms with Gasteiger partial charge in [0.05, 0.1) is 16.8 Å². The Kier molecular flexibility index (Phi) is 4.68. The first kappa shape index (κ1) is 17.8. The lowest BCUT2D eigenvalue weighted by atomic mass is 9.93. The van der Waals surface area contributed by atoms with Gasteiger partial charge in [-0.2, -0.15) is 0 Å². The molecule has 0 N–H and O–H groups in total. The summed E-state index contributed by atoms with van der Waals surface area (Å²) in [7, 11) is 0. The Labute approximate surface area is 156 Å². The molecule has 0 unspecified atom stereocenters. The fraction of sp³-hybridized carbons (Fsp3) is 0.714. The minimum Gasteiger partial charge on any atom is -0.365 e. The Hall–Kier alpha value is -1.62. The van der Waals surface area contributed by atoms with Crippen LogP contribution in [-0.4, -0.2) is 53.2 Å². The Bertz CT molecular complexity index is 661. The molecule has 3 aliphatic rings. The van der Waals surface area contributed by atoms with E-state index in [2.05, 4.69) is 23.7 Å². The summed E-state index contributed by atoms with van der Waals surface area (Å²) >= 11 is 0. The maximum Gasteiger partial charge on any atom is 0.257 e. The van der Waals surface area contributed by atoms with Crippen LogP contribution in [0.4, 0.5) is 5.82 Å². The highest BCUT2D eigenvalue weighted by Crippen LogP contribution is 2.42. The predicted octanol–water partition coefficient (Wildman–Crippen LogP) is 3.64. The largest absolute Gasteiger partial charge is 0.365 e. The molecule has 0 aromatic carbocycles. The van der Waals surface area contributed by atoms with Gasteiger partial charge in [0, 0.05) is 32.4 Å². The van der Waals surface area contributed by atoms with Crippen molar-refractivity contribution in [3.8, 4) is 0 Å². The van der Waals surface area contributed by atoms with E-state index in [9.17, 15) is 4.79 Å². The van der Waals surface area contributed by atoms with Crippen LogP contribution in [0.1, 0.15) is 69.2 Å². The molecule has 26 heavy (non-hydrogen) atoms. The molecule has 3 fully saturated rings. The van der Waals surface area contributed by atoms with Crippen molar-refractivity contribution in [1.82, 2.24) is 9.88 Å². The summed E-state index contributed by atoms with van der Waals surface area (Å²) in [5, 5.41) is 0. The Morgan fingerprint density at radius 1 is 1.08 bits per heavy atom. The summed E-state index contributed by atoms with van der Waals surface area (Å²) in [6.07, 6.45) is 9.92. The van der Waals surface area contributed by atoms with Crippen LogP contribution in [0.15, 0.2) is 18.3 Å². The van der Waals surface area contributed by atoms with Gasteiger partial charge in [0.2, 0.25) is 0 Å². The number of likely N-dealkylation sites (tertiary alicyclic amines) is 1. The normalized spacial score (nSPS) is 24.8. The molecule has 2 aliphatic heterocycles. The second kappa shape index (κ2) is 6.84. The number of hydrogen-bond donors (Lipinski definition) is 0. The highest BCUT2D eigenvalue weighted by atomic mass is 16.5. The lowest BCUT2D eigenvalue weighted by Crippen LogP contribution is -2.59. The zero-order valence-electron chi connectivity index (χ0n) is 16.2. The van der Waals surface area contributed by atoms with Crippen molar-refractivity contribution >= 4 is 11.7 Å². The maximum atomic E-state index is 13.2. The van der Waals surface area contributed by atoms with Crippen molar-refractivity contribution in [1.29, 1.82) is 0 Å². The van der Waals surface area contributed by atoms with E-state index in [1.165, 1.54) is 19.3 Å². The van der Waals surface area contributed by atoms with E-state index in [1.54, 1.807) is 0 Å². The minimum atomic E-state index is -0.231. The molecule has 4 rings (SSSR count). The van der Waals surface area contributed by atoms with Gasteiger partial charge in [-0.25, -0.2) is 4.98 Å².